The van der Waals surface area contributed by atoms with Crippen LogP contribution in [0.25, 0.3) is 22.5 Å². The van der Waals surface area contributed by atoms with Gasteiger partial charge in [0, 0.05) is 21.6 Å². The average Bonchev–Trinajstić information content (AvgIpc) is 3.54. The lowest BCUT2D eigenvalue weighted by atomic mass is 9.82. The van der Waals surface area contributed by atoms with Crippen molar-refractivity contribution in [3.8, 4) is 11.1 Å². The maximum Gasteiger partial charge on any atom is 0.105 e. The molecule has 0 spiro atoms. The molecule has 2 aliphatic heterocycles. The highest BCUT2D eigenvalue weighted by Gasteiger charge is 2.59. The molecular weight excluding hydrogens is 452 g/mol. The van der Waals surface area contributed by atoms with Gasteiger partial charge in [0.2, 0.25) is 0 Å². The monoisotopic (exact) mass is 474 g/mol. The molecule has 0 saturated carbocycles. The molecular formula is C30H22N2S2. The van der Waals surface area contributed by atoms with E-state index < -0.39 is 0 Å². The summed E-state index contributed by atoms with van der Waals surface area (Å²) in [6.45, 7) is 4.72. The Morgan fingerprint density at radius 1 is 0.500 bits per heavy atom. The van der Waals surface area contributed by atoms with Crippen LogP contribution in [0.1, 0.15) is 25.0 Å². The predicted octanol–water partition coefficient (Wildman–Crippen LogP) is 5.93. The van der Waals surface area contributed by atoms with Gasteiger partial charge in [0.15, 0.2) is 0 Å². The van der Waals surface area contributed by atoms with Crippen LogP contribution in [-0.2, 0) is 0 Å². The standard InChI is InChI=1S/C30H22N2S2/c1-29-25(31-27(33-29)20-10-5-3-6-11-20)23-17-16-19-14-9-15-22(19)18-24(23)26-30(29,2)34-28(32-26)21-12-7-4-8-13-21/h3-18H,1-2H3. The summed E-state index contributed by atoms with van der Waals surface area (Å²) >= 11 is 3.78. The summed E-state index contributed by atoms with van der Waals surface area (Å²) in [4.78, 5) is 10.7. The minimum absolute atomic E-state index is 0.246. The Balaban J connectivity index is 1.58. The van der Waals surface area contributed by atoms with Gasteiger partial charge in [0.1, 0.15) is 10.1 Å². The van der Waals surface area contributed by atoms with Gasteiger partial charge in [0.05, 0.1) is 20.9 Å². The number of hydrogen-bond acceptors (Lipinski definition) is 4. The Bertz CT molecular complexity index is 1620. The van der Waals surface area contributed by atoms with Crippen LogP contribution in [-0.4, -0.2) is 19.6 Å². The number of thioether (sulfide) groups is 2. The fourth-order valence-corrected chi connectivity index (χ4v) is 8.16. The van der Waals surface area contributed by atoms with Crippen molar-refractivity contribution >= 4 is 45.0 Å². The van der Waals surface area contributed by atoms with Crippen molar-refractivity contribution in [1.82, 2.24) is 0 Å². The van der Waals surface area contributed by atoms with Gasteiger partial charge in [-0.3, -0.25) is 0 Å². The van der Waals surface area contributed by atoms with Crippen molar-refractivity contribution in [3.05, 3.63) is 119 Å². The molecule has 2 atom stereocenters. The highest BCUT2D eigenvalue weighted by atomic mass is 32.2. The molecule has 2 aromatic carbocycles. The second-order valence-electron chi connectivity index (χ2n) is 9.28. The molecule has 0 amide bonds. The third kappa shape index (κ3) is 2.73. The summed E-state index contributed by atoms with van der Waals surface area (Å²) in [5.41, 5.74) is 7.16. The van der Waals surface area contributed by atoms with Crippen molar-refractivity contribution in [2.45, 2.75) is 23.3 Å². The number of rotatable bonds is 2. The maximum atomic E-state index is 5.33. The molecule has 0 aromatic heterocycles. The van der Waals surface area contributed by atoms with Gasteiger partial charge in [-0.05, 0) is 31.0 Å². The van der Waals surface area contributed by atoms with Crippen LogP contribution < -0.4 is 10.4 Å². The van der Waals surface area contributed by atoms with Crippen LogP contribution in [0, 0.1) is 0 Å². The van der Waals surface area contributed by atoms with Crippen LogP contribution in [0.15, 0.2) is 107 Å². The molecule has 0 saturated heterocycles. The third-order valence-corrected chi connectivity index (χ3v) is 10.5. The van der Waals surface area contributed by atoms with Crippen molar-refractivity contribution in [2.75, 3.05) is 0 Å². The van der Waals surface area contributed by atoms with Crippen LogP contribution in [0.2, 0.25) is 0 Å². The van der Waals surface area contributed by atoms with E-state index in [0.29, 0.717) is 0 Å². The van der Waals surface area contributed by atoms with E-state index in [-0.39, 0.29) is 9.49 Å². The Morgan fingerprint density at radius 2 is 1.00 bits per heavy atom. The van der Waals surface area contributed by atoms with E-state index in [1.54, 1.807) is 0 Å². The zero-order valence-corrected chi connectivity index (χ0v) is 20.6. The second kappa shape index (κ2) is 7.21. The molecule has 2 aromatic rings. The van der Waals surface area contributed by atoms with Crippen molar-refractivity contribution < 1.29 is 0 Å². The van der Waals surface area contributed by atoms with E-state index in [9.17, 15) is 0 Å². The smallest absolute Gasteiger partial charge is 0.105 e. The topological polar surface area (TPSA) is 24.7 Å². The lowest BCUT2D eigenvalue weighted by Crippen LogP contribution is -2.53. The minimum atomic E-state index is -0.252. The van der Waals surface area contributed by atoms with E-state index in [4.69, 9.17) is 9.98 Å². The maximum absolute atomic E-state index is 5.33. The molecule has 0 bridgehead atoms. The molecule has 34 heavy (non-hydrogen) atoms. The van der Waals surface area contributed by atoms with E-state index in [1.807, 2.05) is 23.5 Å². The number of hydrogen-bond donors (Lipinski definition) is 0. The molecule has 0 radical (unpaired) electrons. The lowest BCUT2D eigenvalue weighted by molar-refractivity contribution is 0.672. The molecule has 2 heterocycles. The van der Waals surface area contributed by atoms with Gasteiger partial charge in [-0.1, -0.05) is 115 Å². The van der Waals surface area contributed by atoms with Crippen LogP contribution in [0.4, 0.5) is 0 Å². The first-order valence-corrected chi connectivity index (χ1v) is 13.1. The molecule has 7 rings (SSSR count). The van der Waals surface area contributed by atoms with Crippen LogP contribution >= 0.6 is 23.5 Å². The van der Waals surface area contributed by atoms with Crippen LogP contribution in [0.5, 0.6) is 0 Å². The first-order chi connectivity index (χ1) is 16.6. The average molecular weight is 475 g/mol. The van der Waals surface area contributed by atoms with Crippen LogP contribution in [0.3, 0.4) is 0 Å². The first-order valence-electron chi connectivity index (χ1n) is 11.5. The van der Waals surface area contributed by atoms with Gasteiger partial charge in [-0.2, -0.15) is 0 Å². The molecule has 0 fully saturated rings. The summed E-state index contributed by atoms with van der Waals surface area (Å²) in [7, 11) is 0. The molecule has 3 aliphatic carbocycles. The molecule has 164 valence electrons. The molecule has 2 unspecified atom stereocenters. The van der Waals surface area contributed by atoms with E-state index in [2.05, 4.69) is 111 Å². The van der Waals surface area contributed by atoms with Gasteiger partial charge in [-0.15, -0.1) is 0 Å². The zero-order valence-electron chi connectivity index (χ0n) is 18.9. The van der Waals surface area contributed by atoms with Crippen molar-refractivity contribution in [3.63, 3.8) is 0 Å². The number of nitrogens with zero attached hydrogens (tertiary/aromatic N) is 2. The predicted molar refractivity (Wildman–Crippen MR) is 147 cm³/mol. The number of benzene rings is 2. The Morgan fingerprint density at radius 3 is 1.59 bits per heavy atom. The third-order valence-electron chi connectivity index (χ3n) is 7.30. The summed E-state index contributed by atoms with van der Waals surface area (Å²) in [6, 6.07) is 34.4. The quantitative estimate of drug-likeness (QED) is 0.360. The number of aliphatic imine (C=N–C) groups is 2. The fraction of sp³-hybridized carbons (Fsp3) is 0.133. The number of fused-ring (bicyclic) bond motifs is 5. The summed E-state index contributed by atoms with van der Waals surface area (Å²) in [5, 5.41) is 4.58. The van der Waals surface area contributed by atoms with Crippen molar-refractivity contribution in [1.29, 1.82) is 0 Å². The Kier molecular flexibility index (Phi) is 4.31. The zero-order chi connectivity index (χ0) is 22.9. The van der Waals surface area contributed by atoms with Gasteiger partial charge in [-0.25, -0.2) is 9.98 Å². The minimum Gasteiger partial charge on any atom is -0.244 e. The normalized spacial score (nSPS) is 25.0. The second-order valence-corrected chi connectivity index (χ2v) is 12.1. The Hall–Kier alpha value is -3.08. The fourth-order valence-electron chi connectivity index (χ4n) is 5.26. The summed E-state index contributed by atoms with van der Waals surface area (Å²) in [5.74, 6) is 0. The first kappa shape index (κ1) is 20.3. The SMILES string of the molecule is CC12SC(c3ccccc3)=NC1=c1ccc3cccc-3cc1=C1N=C(c3ccccc3)SC12C. The lowest BCUT2D eigenvalue weighted by Gasteiger charge is -2.42. The molecule has 5 aliphatic rings. The molecule has 0 N–H and O–H groups in total. The Labute approximate surface area is 207 Å². The molecule has 2 nitrogen and oxygen atoms in total. The van der Waals surface area contributed by atoms with Gasteiger partial charge < -0.3 is 0 Å². The van der Waals surface area contributed by atoms with Crippen molar-refractivity contribution in [2.24, 2.45) is 9.98 Å². The highest BCUT2D eigenvalue weighted by Crippen LogP contribution is 2.61. The summed E-state index contributed by atoms with van der Waals surface area (Å²) in [6.07, 6.45) is 0. The summed E-state index contributed by atoms with van der Waals surface area (Å²) < 4.78 is -0.498. The molecule has 4 heteroatoms. The van der Waals surface area contributed by atoms with E-state index >= 15 is 0 Å². The van der Waals surface area contributed by atoms with E-state index in [0.717, 1.165) is 21.5 Å². The largest absolute Gasteiger partial charge is 0.244 e. The van der Waals surface area contributed by atoms with Gasteiger partial charge in [0.25, 0.3) is 0 Å². The van der Waals surface area contributed by atoms with Gasteiger partial charge >= 0.3 is 0 Å². The van der Waals surface area contributed by atoms with E-state index in [1.165, 1.54) is 32.7 Å². The highest BCUT2D eigenvalue weighted by molar-refractivity contribution is 8.20.